The summed E-state index contributed by atoms with van der Waals surface area (Å²) < 4.78 is 11.3. The number of hydrogen-bond acceptors (Lipinski definition) is 13. The molecule has 90 heavy (non-hydrogen) atoms. The van der Waals surface area contributed by atoms with Crippen LogP contribution in [0.15, 0.2) is 24.3 Å². The maximum atomic E-state index is 15.6. The Morgan fingerprint density at radius 2 is 1.14 bits per heavy atom. The average molecular weight is 1260 g/mol. The molecule has 4 aliphatic carbocycles. The quantitative estimate of drug-likeness (QED) is 0.201. The van der Waals surface area contributed by atoms with Gasteiger partial charge in [-0.1, -0.05) is 94.2 Å². The van der Waals surface area contributed by atoms with E-state index < -0.39 is 168 Å². The van der Waals surface area contributed by atoms with E-state index in [1.807, 2.05) is 13.8 Å². The first-order valence-corrected chi connectivity index (χ1v) is 33.0. The van der Waals surface area contributed by atoms with Gasteiger partial charge in [0.2, 0.25) is 53.2 Å². The summed E-state index contributed by atoms with van der Waals surface area (Å²) in [6.07, 6.45) is 5.94. The molecule has 502 valence electrons. The highest BCUT2D eigenvalue weighted by atomic mass is 16.5. The van der Waals surface area contributed by atoms with E-state index in [-0.39, 0.29) is 19.4 Å². The van der Waals surface area contributed by atoms with E-state index in [0.29, 0.717) is 54.7 Å². The lowest BCUT2D eigenvalue weighted by Gasteiger charge is -2.57. The largest absolute Gasteiger partial charge is 0.497 e. The first-order valence-electron chi connectivity index (χ1n) is 33.0. The summed E-state index contributed by atoms with van der Waals surface area (Å²) in [5, 5.41) is 11.8. The van der Waals surface area contributed by atoms with Crippen molar-refractivity contribution in [2.45, 2.75) is 220 Å². The molecule has 2 heterocycles. The van der Waals surface area contributed by atoms with E-state index in [9.17, 15) is 38.4 Å². The molecule has 10 amide bonds. The minimum absolute atomic E-state index is 0.105. The van der Waals surface area contributed by atoms with Crippen molar-refractivity contribution >= 4 is 65.0 Å². The van der Waals surface area contributed by atoms with Crippen molar-refractivity contribution in [3.05, 3.63) is 29.8 Å². The maximum Gasteiger partial charge on any atom is 0.329 e. The van der Waals surface area contributed by atoms with Crippen LogP contribution in [0.1, 0.15) is 159 Å². The molecular formula is C67H106N10O13. The van der Waals surface area contributed by atoms with Gasteiger partial charge in [-0.15, -0.1) is 0 Å². The van der Waals surface area contributed by atoms with Crippen LogP contribution in [0.3, 0.4) is 0 Å². The number of carbonyl (C=O) groups is 11. The number of fused-ring (bicyclic) bond motifs is 1. The molecule has 0 unspecified atom stereocenters. The average Bonchev–Trinajstić information content (AvgIpc) is 0.762. The fourth-order valence-electron chi connectivity index (χ4n) is 15.3. The predicted molar refractivity (Wildman–Crippen MR) is 338 cm³/mol. The number of carbonyl (C=O) groups excluding carboxylic acids is 11. The number of nitrogens with one attached hydrogen (secondary N) is 4. The first kappa shape index (κ1) is 72.3. The fraction of sp³-hybridized carbons (Fsp3) is 0.746. The number of likely N-dealkylation sites (N-methyl/N-ethyl adjacent to an activating group) is 5. The lowest BCUT2D eigenvalue weighted by molar-refractivity contribution is -0.165. The van der Waals surface area contributed by atoms with Gasteiger partial charge in [-0.3, -0.25) is 47.9 Å². The highest BCUT2D eigenvalue weighted by Gasteiger charge is 2.53. The van der Waals surface area contributed by atoms with E-state index in [1.54, 1.807) is 79.7 Å². The fourth-order valence-corrected chi connectivity index (χ4v) is 15.3. The summed E-state index contributed by atoms with van der Waals surface area (Å²) in [5.74, 6) is -8.11. The van der Waals surface area contributed by atoms with Gasteiger partial charge in [-0.25, -0.2) is 4.79 Å². The van der Waals surface area contributed by atoms with E-state index in [2.05, 4.69) is 21.3 Å². The number of cyclic esters (lactones) is 1. The zero-order valence-electron chi connectivity index (χ0n) is 56.7. The van der Waals surface area contributed by atoms with Crippen LogP contribution in [0.2, 0.25) is 0 Å². The predicted octanol–water partition coefficient (Wildman–Crippen LogP) is 4.32. The number of hydrogen-bond donors (Lipinski definition) is 4. The number of piperidine rings is 1. The summed E-state index contributed by atoms with van der Waals surface area (Å²) in [5.41, 5.74) is 0.144. The van der Waals surface area contributed by atoms with E-state index in [0.717, 1.165) is 38.5 Å². The van der Waals surface area contributed by atoms with Crippen molar-refractivity contribution in [3.63, 3.8) is 0 Å². The zero-order chi connectivity index (χ0) is 67.0. The summed E-state index contributed by atoms with van der Waals surface area (Å²) in [4.78, 5) is 171. The number of amides is 10. The van der Waals surface area contributed by atoms with Crippen molar-refractivity contribution in [1.29, 1.82) is 0 Å². The van der Waals surface area contributed by atoms with Crippen LogP contribution < -0.4 is 26.0 Å². The van der Waals surface area contributed by atoms with Gasteiger partial charge in [-0.05, 0) is 130 Å². The van der Waals surface area contributed by atoms with Crippen LogP contribution in [-0.4, -0.2) is 210 Å². The molecule has 1 aromatic rings. The molecule has 4 saturated carbocycles. The van der Waals surface area contributed by atoms with Crippen LogP contribution in [0.4, 0.5) is 0 Å². The van der Waals surface area contributed by atoms with E-state index in [4.69, 9.17) is 9.47 Å². The van der Waals surface area contributed by atoms with Crippen LogP contribution in [-0.2, 0) is 63.9 Å². The summed E-state index contributed by atoms with van der Waals surface area (Å²) in [6, 6.07) is -3.29. The van der Waals surface area contributed by atoms with Gasteiger partial charge in [0.1, 0.15) is 54.1 Å². The maximum absolute atomic E-state index is 15.6. The molecule has 0 radical (unpaired) electrons. The number of methoxy groups -OCH3 is 1. The van der Waals surface area contributed by atoms with Crippen LogP contribution in [0, 0.1) is 47.3 Å². The van der Waals surface area contributed by atoms with Crippen LogP contribution in [0.5, 0.6) is 5.75 Å². The molecule has 23 nitrogen and oxygen atoms in total. The Balaban J connectivity index is 1.42. The Labute approximate surface area is 533 Å². The molecule has 0 aromatic heterocycles. The highest BCUT2D eigenvalue weighted by molar-refractivity contribution is 6.00. The number of benzene rings is 1. The molecule has 2 aliphatic heterocycles. The van der Waals surface area contributed by atoms with Crippen molar-refractivity contribution in [3.8, 4) is 5.75 Å². The SMILES string of the molecule is CC[C@@H](C)[C@H]1C(=O)NCC(=O)N(C)[C@@H](C(C)C)C(=O)N[C@@H](Cc2ccc(OC)cc2)C(=O)O[C@H](C)C(=O)N2CCCC[C@H]2C(=O)N(C)[C@@H](C(C)C)C(=O)N[C@@H](C(C)C)C(=O)N(C)[C@H](CC(=O)NC23CC4CC(CC(C4)C2)C3)C(=O)N(C)[C@@H]([C@@H](C)CC)C(=O)N1C. The standard InChI is InChI=1S/C67H106N10O13/c1-18-40(9)56-58(80)68-36-52(79)73(13)54(38(5)6)59(81)69-48(31-43-23-25-47(89-17)26-24-43)66(88)90-42(11)61(83)77-27-21-20-22-49(77)62(84)74(14)55(39(7)8)60(82)70-53(37(3)4)64(86)72(12)50(63(85)76(16)57(41(10)19-2)65(87)75(56)15)32-51(78)71-67-33-44-28-45(34-67)30-46(29-44)35-67/h23-26,37-42,44-46,48-50,53-57H,18-22,27-36H2,1-17H3,(H,68,80)(H,69,81)(H,70,82)(H,71,78)/t40-,41+,42-,44?,45?,46?,48+,49+,50-,53+,54+,55+,56+,57+,67?/m1/s1. The second-order valence-corrected chi connectivity index (χ2v) is 28.0. The van der Waals surface area contributed by atoms with Gasteiger partial charge >= 0.3 is 5.97 Å². The number of nitrogens with zero attached hydrogens (tertiary/aromatic N) is 6. The summed E-state index contributed by atoms with van der Waals surface area (Å²) in [7, 11) is 8.71. The zero-order valence-corrected chi connectivity index (χ0v) is 56.7. The third-order valence-electron chi connectivity index (χ3n) is 20.3. The Hall–Kier alpha value is -6.81. The molecular weight excluding hydrogens is 1150 g/mol. The number of esters is 1. The van der Waals surface area contributed by atoms with Gasteiger partial charge in [0.05, 0.1) is 20.1 Å². The highest BCUT2D eigenvalue weighted by Crippen LogP contribution is 2.55. The second-order valence-electron chi connectivity index (χ2n) is 28.0. The van der Waals surface area contributed by atoms with Gasteiger partial charge in [0.25, 0.3) is 5.91 Å². The Bertz CT molecular complexity index is 2740. The Kier molecular flexibility index (Phi) is 24.9. The van der Waals surface area contributed by atoms with Gasteiger partial charge in [0, 0.05) is 53.7 Å². The monoisotopic (exact) mass is 1260 g/mol. The molecule has 6 aliphatic rings. The number of rotatable bonds is 13. The molecule has 4 bridgehead atoms. The van der Waals surface area contributed by atoms with E-state index >= 15 is 14.4 Å². The molecule has 7 rings (SSSR count). The third kappa shape index (κ3) is 16.6. The molecule has 11 atom stereocenters. The minimum atomic E-state index is -1.49. The van der Waals surface area contributed by atoms with Crippen molar-refractivity contribution < 1.29 is 62.2 Å². The van der Waals surface area contributed by atoms with Crippen LogP contribution in [0.25, 0.3) is 0 Å². The third-order valence-corrected chi connectivity index (χ3v) is 20.3. The summed E-state index contributed by atoms with van der Waals surface area (Å²) >= 11 is 0. The van der Waals surface area contributed by atoms with Gasteiger partial charge < -0.3 is 60.1 Å². The minimum Gasteiger partial charge on any atom is -0.497 e. The van der Waals surface area contributed by atoms with E-state index in [1.165, 1.54) is 78.7 Å². The Morgan fingerprint density at radius 3 is 1.68 bits per heavy atom. The number of ether oxygens (including phenoxy) is 2. The summed E-state index contributed by atoms with van der Waals surface area (Å²) in [6.45, 7) is 18.6. The van der Waals surface area contributed by atoms with Crippen molar-refractivity contribution in [1.82, 2.24) is 50.7 Å². The lowest BCUT2D eigenvalue weighted by atomic mass is 9.53. The molecule has 6 fully saturated rings. The molecule has 2 saturated heterocycles. The topological polar surface area (TPSA) is 274 Å². The normalized spacial score (nSPS) is 31.2. The second kappa shape index (κ2) is 31.0. The van der Waals surface area contributed by atoms with Crippen molar-refractivity contribution in [2.75, 3.05) is 55.4 Å². The van der Waals surface area contributed by atoms with Crippen LogP contribution >= 0.6 is 0 Å². The van der Waals surface area contributed by atoms with Gasteiger partial charge in [0.15, 0.2) is 6.10 Å². The lowest BCUT2D eigenvalue weighted by Crippen LogP contribution is -2.64. The molecule has 4 N–H and O–H groups in total. The Morgan fingerprint density at radius 1 is 0.622 bits per heavy atom. The van der Waals surface area contributed by atoms with Gasteiger partial charge in [-0.2, -0.15) is 0 Å². The molecule has 23 heteroatoms. The first-order chi connectivity index (χ1) is 42.3. The van der Waals surface area contributed by atoms with Crippen molar-refractivity contribution in [2.24, 2.45) is 47.3 Å². The molecule has 0 spiro atoms. The smallest absolute Gasteiger partial charge is 0.329 e. The molecule has 1 aromatic carbocycles.